The van der Waals surface area contributed by atoms with Crippen molar-refractivity contribution in [2.24, 2.45) is 0 Å². The molecule has 1 N–H and O–H groups in total. The SMILES string of the molecule is COc1ccc(-c2cc(CO)c(-c3ccc(C=O)cc3)s2)cc1OC1CCCC1. The number of hydrogen-bond acceptors (Lipinski definition) is 5. The predicted octanol–water partition coefficient (Wildman–Crippen LogP) is 5.72. The van der Waals surface area contributed by atoms with Gasteiger partial charge in [-0.3, -0.25) is 4.79 Å². The highest BCUT2D eigenvalue weighted by Crippen LogP contribution is 2.41. The van der Waals surface area contributed by atoms with E-state index in [9.17, 15) is 9.90 Å². The molecule has 4 rings (SSSR count). The minimum absolute atomic E-state index is 0.0388. The second kappa shape index (κ2) is 8.80. The molecule has 1 aromatic heterocycles. The molecule has 4 nitrogen and oxygen atoms in total. The number of carbonyl (C=O) groups excluding carboxylic acids is 1. The molecule has 0 atom stereocenters. The lowest BCUT2D eigenvalue weighted by atomic mass is 10.1. The third kappa shape index (κ3) is 4.21. The standard InChI is InChI=1S/C24H24O4S/c1-27-21-11-10-18(12-22(21)28-20-4-2-3-5-20)23-13-19(15-26)24(29-23)17-8-6-16(14-25)7-9-17/h6-14,20,26H,2-5,15H2,1H3. The highest BCUT2D eigenvalue weighted by Gasteiger charge is 2.19. The van der Waals surface area contributed by atoms with Crippen molar-refractivity contribution in [3.8, 4) is 32.4 Å². The summed E-state index contributed by atoms with van der Waals surface area (Å²) in [7, 11) is 1.66. The Labute approximate surface area is 174 Å². The van der Waals surface area contributed by atoms with E-state index < -0.39 is 0 Å². The lowest BCUT2D eigenvalue weighted by Crippen LogP contribution is -2.11. The van der Waals surface area contributed by atoms with Gasteiger partial charge in [-0.25, -0.2) is 0 Å². The number of methoxy groups -OCH3 is 1. The van der Waals surface area contributed by atoms with E-state index in [2.05, 4.69) is 0 Å². The monoisotopic (exact) mass is 408 g/mol. The second-order valence-electron chi connectivity index (χ2n) is 7.25. The van der Waals surface area contributed by atoms with Crippen molar-refractivity contribution in [1.82, 2.24) is 0 Å². The van der Waals surface area contributed by atoms with Crippen molar-refractivity contribution in [2.45, 2.75) is 38.4 Å². The zero-order valence-electron chi connectivity index (χ0n) is 16.4. The summed E-state index contributed by atoms with van der Waals surface area (Å²) < 4.78 is 11.7. The molecule has 0 aliphatic heterocycles. The van der Waals surface area contributed by atoms with Crippen LogP contribution in [0.15, 0.2) is 48.5 Å². The summed E-state index contributed by atoms with van der Waals surface area (Å²) in [5, 5.41) is 9.87. The molecule has 2 aromatic carbocycles. The summed E-state index contributed by atoms with van der Waals surface area (Å²) in [6.45, 7) is -0.0388. The largest absolute Gasteiger partial charge is 0.493 e. The van der Waals surface area contributed by atoms with Crippen LogP contribution in [0.1, 0.15) is 41.6 Å². The number of aliphatic hydroxyl groups excluding tert-OH is 1. The molecular formula is C24H24O4S. The van der Waals surface area contributed by atoms with Gasteiger partial charge in [-0.2, -0.15) is 0 Å². The van der Waals surface area contributed by atoms with Crippen LogP contribution in [0.4, 0.5) is 0 Å². The number of hydrogen-bond donors (Lipinski definition) is 1. The molecule has 1 aliphatic rings. The number of benzene rings is 2. The normalized spacial score (nSPS) is 14.1. The van der Waals surface area contributed by atoms with Crippen LogP contribution in [0.25, 0.3) is 20.9 Å². The zero-order valence-corrected chi connectivity index (χ0v) is 17.2. The molecule has 0 spiro atoms. The topological polar surface area (TPSA) is 55.8 Å². The van der Waals surface area contributed by atoms with Crippen molar-refractivity contribution in [1.29, 1.82) is 0 Å². The Kier molecular flexibility index (Phi) is 5.97. The van der Waals surface area contributed by atoms with E-state index in [4.69, 9.17) is 9.47 Å². The minimum Gasteiger partial charge on any atom is -0.493 e. The van der Waals surface area contributed by atoms with Crippen LogP contribution in [-0.2, 0) is 6.61 Å². The Morgan fingerprint density at radius 1 is 1.03 bits per heavy atom. The van der Waals surface area contributed by atoms with Crippen molar-refractivity contribution in [2.75, 3.05) is 7.11 Å². The molecule has 150 valence electrons. The minimum atomic E-state index is -0.0388. The molecule has 0 radical (unpaired) electrons. The first-order chi connectivity index (χ1) is 14.2. The van der Waals surface area contributed by atoms with Crippen LogP contribution < -0.4 is 9.47 Å². The summed E-state index contributed by atoms with van der Waals surface area (Å²) in [5.74, 6) is 1.51. The fourth-order valence-electron chi connectivity index (χ4n) is 3.75. The summed E-state index contributed by atoms with van der Waals surface area (Å²) in [6, 6.07) is 15.4. The van der Waals surface area contributed by atoms with Gasteiger partial charge >= 0.3 is 0 Å². The molecule has 0 bridgehead atoms. The van der Waals surface area contributed by atoms with Gasteiger partial charge in [0, 0.05) is 15.3 Å². The van der Waals surface area contributed by atoms with Crippen molar-refractivity contribution >= 4 is 17.6 Å². The Balaban J connectivity index is 1.68. The van der Waals surface area contributed by atoms with Crippen LogP contribution in [0.5, 0.6) is 11.5 Å². The maximum atomic E-state index is 10.9. The Hall–Kier alpha value is -2.63. The number of ether oxygens (including phenoxy) is 2. The summed E-state index contributed by atoms with van der Waals surface area (Å²) in [4.78, 5) is 13.0. The van der Waals surface area contributed by atoms with Gasteiger partial charge in [-0.05, 0) is 66.6 Å². The van der Waals surface area contributed by atoms with Crippen LogP contribution in [-0.4, -0.2) is 24.6 Å². The zero-order chi connectivity index (χ0) is 20.2. The predicted molar refractivity (Wildman–Crippen MR) is 116 cm³/mol. The van der Waals surface area contributed by atoms with E-state index in [0.29, 0.717) is 5.56 Å². The molecule has 0 saturated heterocycles. The highest BCUT2D eigenvalue weighted by molar-refractivity contribution is 7.19. The Morgan fingerprint density at radius 2 is 1.76 bits per heavy atom. The fraction of sp³-hybridized carbons (Fsp3) is 0.292. The van der Waals surface area contributed by atoms with E-state index in [0.717, 1.165) is 57.1 Å². The summed E-state index contributed by atoms with van der Waals surface area (Å²) in [6.07, 6.45) is 5.68. The smallest absolute Gasteiger partial charge is 0.162 e. The van der Waals surface area contributed by atoms with Gasteiger partial charge in [0.15, 0.2) is 11.5 Å². The van der Waals surface area contributed by atoms with E-state index >= 15 is 0 Å². The van der Waals surface area contributed by atoms with Gasteiger partial charge in [0.2, 0.25) is 0 Å². The van der Waals surface area contributed by atoms with E-state index in [-0.39, 0.29) is 12.7 Å². The lowest BCUT2D eigenvalue weighted by Gasteiger charge is -2.16. The van der Waals surface area contributed by atoms with Gasteiger partial charge in [-0.15, -0.1) is 11.3 Å². The number of thiophene rings is 1. The number of rotatable bonds is 7. The average Bonchev–Trinajstić information content (AvgIpc) is 3.43. The van der Waals surface area contributed by atoms with Gasteiger partial charge in [0.1, 0.15) is 6.29 Å². The van der Waals surface area contributed by atoms with E-state index in [1.807, 2.05) is 36.4 Å². The highest BCUT2D eigenvalue weighted by atomic mass is 32.1. The number of aldehydes is 1. The van der Waals surface area contributed by atoms with Gasteiger partial charge in [0.25, 0.3) is 0 Å². The molecule has 29 heavy (non-hydrogen) atoms. The third-order valence-corrected chi connectivity index (χ3v) is 6.61. The van der Waals surface area contributed by atoms with Crippen molar-refractivity contribution in [3.63, 3.8) is 0 Å². The molecule has 3 aromatic rings. The van der Waals surface area contributed by atoms with Crippen LogP contribution in [0, 0.1) is 0 Å². The van der Waals surface area contributed by atoms with E-state index in [1.54, 1.807) is 30.6 Å². The van der Waals surface area contributed by atoms with E-state index in [1.165, 1.54) is 12.8 Å². The average molecular weight is 409 g/mol. The molecule has 1 saturated carbocycles. The molecular weight excluding hydrogens is 384 g/mol. The first-order valence-electron chi connectivity index (χ1n) is 9.86. The lowest BCUT2D eigenvalue weighted by molar-refractivity contribution is 0.112. The molecule has 1 fully saturated rings. The van der Waals surface area contributed by atoms with Crippen LogP contribution in [0.2, 0.25) is 0 Å². The van der Waals surface area contributed by atoms with Gasteiger partial charge in [-0.1, -0.05) is 24.3 Å². The molecule has 1 heterocycles. The quantitative estimate of drug-likeness (QED) is 0.508. The van der Waals surface area contributed by atoms with Crippen molar-refractivity contribution in [3.05, 3.63) is 59.7 Å². The number of aliphatic hydroxyl groups is 1. The number of carbonyl (C=O) groups is 1. The Morgan fingerprint density at radius 3 is 2.41 bits per heavy atom. The van der Waals surface area contributed by atoms with Gasteiger partial charge < -0.3 is 14.6 Å². The first kappa shape index (κ1) is 19.7. The molecule has 5 heteroatoms. The van der Waals surface area contributed by atoms with Crippen LogP contribution in [0.3, 0.4) is 0 Å². The summed E-state index contributed by atoms with van der Waals surface area (Å²) >= 11 is 1.62. The Bertz CT molecular complexity index is 985. The maximum absolute atomic E-state index is 10.9. The summed E-state index contributed by atoms with van der Waals surface area (Å²) in [5.41, 5.74) is 3.54. The van der Waals surface area contributed by atoms with Crippen LogP contribution >= 0.6 is 11.3 Å². The molecule has 0 unspecified atom stereocenters. The van der Waals surface area contributed by atoms with Gasteiger partial charge in [0.05, 0.1) is 19.8 Å². The fourth-order valence-corrected chi connectivity index (χ4v) is 4.93. The first-order valence-corrected chi connectivity index (χ1v) is 10.7. The maximum Gasteiger partial charge on any atom is 0.162 e. The molecule has 1 aliphatic carbocycles. The second-order valence-corrected chi connectivity index (χ2v) is 8.31. The van der Waals surface area contributed by atoms with Crippen molar-refractivity contribution < 1.29 is 19.4 Å². The molecule has 0 amide bonds. The third-order valence-electron chi connectivity index (χ3n) is 5.33.